The summed E-state index contributed by atoms with van der Waals surface area (Å²) >= 11 is 0. The Morgan fingerprint density at radius 3 is 3.14 bits per heavy atom. The number of hydrogen-bond acceptors (Lipinski definition) is 4. The highest BCUT2D eigenvalue weighted by Crippen LogP contribution is 2.23. The Morgan fingerprint density at radius 1 is 1.27 bits per heavy atom. The summed E-state index contributed by atoms with van der Waals surface area (Å²) in [4.78, 5) is 19.8. The molecule has 0 aromatic carbocycles. The molecule has 1 amide bonds. The van der Waals surface area contributed by atoms with Gasteiger partial charge in [0, 0.05) is 17.1 Å². The molecular weight excluding hydrogens is 280 g/mol. The number of carbonyl (C=O) groups excluding carboxylic acids is 1. The minimum absolute atomic E-state index is 0.218. The highest BCUT2D eigenvalue weighted by Gasteiger charge is 2.23. The molecule has 0 aliphatic heterocycles. The number of fused-ring (bicyclic) bond motifs is 2. The second-order valence-corrected chi connectivity index (χ2v) is 5.54. The molecule has 3 aromatic rings. The van der Waals surface area contributed by atoms with E-state index in [4.69, 9.17) is 4.52 Å². The lowest BCUT2D eigenvalue weighted by Gasteiger charge is -2.09. The fourth-order valence-corrected chi connectivity index (χ4v) is 2.89. The lowest BCUT2D eigenvalue weighted by Crippen LogP contribution is -2.24. The maximum absolute atomic E-state index is 12.3. The first-order valence-electron chi connectivity index (χ1n) is 7.50. The van der Waals surface area contributed by atoms with E-state index in [0.717, 1.165) is 53.7 Å². The van der Waals surface area contributed by atoms with Gasteiger partial charge in [0.25, 0.3) is 5.91 Å². The molecule has 0 bridgehead atoms. The van der Waals surface area contributed by atoms with E-state index >= 15 is 0 Å². The van der Waals surface area contributed by atoms with Crippen LogP contribution in [0.15, 0.2) is 28.9 Å². The third kappa shape index (κ3) is 2.26. The van der Waals surface area contributed by atoms with Crippen LogP contribution in [0.2, 0.25) is 0 Å². The van der Waals surface area contributed by atoms with Crippen molar-refractivity contribution in [2.75, 3.05) is 0 Å². The second kappa shape index (κ2) is 5.29. The second-order valence-electron chi connectivity index (χ2n) is 5.54. The van der Waals surface area contributed by atoms with E-state index in [0.29, 0.717) is 12.3 Å². The Bertz CT molecular complexity index is 834. The van der Waals surface area contributed by atoms with Gasteiger partial charge in [-0.1, -0.05) is 5.16 Å². The summed E-state index contributed by atoms with van der Waals surface area (Å²) in [6.45, 7) is 0.364. The summed E-state index contributed by atoms with van der Waals surface area (Å²) in [7, 11) is 0. The lowest BCUT2D eigenvalue weighted by atomic mass is 9.96. The molecular formula is C16H16N4O2. The summed E-state index contributed by atoms with van der Waals surface area (Å²) in [5, 5.41) is 7.92. The van der Waals surface area contributed by atoms with Gasteiger partial charge in [-0.15, -0.1) is 0 Å². The molecule has 1 aliphatic rings. The van der Waals surface area contributed by atoms with Gasteiger partial charge in [0.1, 0.15) is 5.65 Å². The molecule has 0 fully saturated rings. The van der Waals surface area contributed by atoms with E-state index in [9.17, 15) is 4.79 Å². The van der Waals surface area contributed by atoms with Gasteiger partial charge in [-0.25, -0.2) is 4.98 Å². The zero-order chi connectivity index (χ0) is 14.9. The number of nitrogens with one attached hydrogen (secondary N) is 2. The van der Waals surface area contributed by atoms with Gasteiger partial charge in [-0.2, -0.15) is 0 Å². The third-order valence-electron chi connectivity index (χ3n) is 4.06. The van der Waals surface area contributed by atoms with Crippen LogP contribution in [0.3, 0.4) is 0 Å². The predicted molar refractivity (Wildman–Crippen MR) is 80.4 cm³/mol. The summed E-state index contributed by atoms with van der Waals surface area (Å²) in [6.07, 6.45) is 5.81. The Morgan fingerprint density at radius 2 is 2.18 bits per heavy atom. The molecule has 22 heavy (non-hydrogen) atoms. The van der Waals surface area contributed by atoms with E-state index in [2.05, 4.69) is 20.4 Å². The number of rotatable bonds is 3. The first-order chi connectivity index (χ1) is 10.8. The molecule has 2 N–H and O–H groups in total. The molecule has 0 spiro atoms. The fraction of sp³-hybridized carbons (Fsp3) is 0.312. The van der Waals surface area contributed by atoms with Crippen LogP contribution < -0.4 is 5.32 Å². The fourth-order valence-electron chi connectivity index (χ4n) is 2.89. The maximum atomic E-state index is 12.3. The number of nitrogens with zero attached hydrogens (tertiary/aromatic N) is 2. The van der Waals surface area contributed by atoms with Crippen molar-refractivity contribution in [3.8, 4) is 0 Å². The van der Waals surface area contributed by atoms with Crippen molar-refractivity contribution in [3.05, 3.63) is 47.1 Å². The number of pyridine rings is 1. The van der Waals surface area contributed by atoms with Crippen molar-refractivity contribution >= 4 is 16.9 Å². The van der Waals surface area contributed by atoms with Crippen molar-refractivity contribution < 1.29 is 9.32 Å². The van der Waals surface area contributed by atoms with Gasteiger partial charge in [0.05, 0.1) is 17.9 Å². The van der Waals surface area contributed by atoms with Crippen LogP contribution in [0.4, 0.5) is 0 Å². The summed E-state index contributed by atoms with van der Waals surface area (Å²) < 4.78 is 5.24. The number of hydrogen-bond donors (Lipinski definition) is 2. The van der Waals surface area contributed by atoms with E-state index in [-0.39, 0.29) is 5.91 Å². The molecule has 0 saturated carbocycles. The zero-order valence-corrected chi connectivity index (χ0v) is 12.1. The van der Waals surface area contributed by atoms with Crippen LogP contribution in [-0.2, 0) is 19.4 Å². The number of amides is 1. The largest absolute Gasteiger partial charge is 0.350 e. The summed E-state index contributed by atoms with van der Waals surface area (Å²) in [5.41, 5.74) is 3.53. The molecule has 0 unspecified atom stereocenters. The first kappa shape index (κ1) is 13.1. The van der Waals surface area contributed by atoms with Crippen LogP contribution >= 0.6 is 0 Å². The van der Waals surface area contributed by atoms with Gasteiger partial charge in [-0.3, -0.25) is 4.79 Å². The molecule has 6 nitrogen and oxygen atoms in total. The molecule has 112 valence electrons. The van der Waals surface area contributed by atoms with Crippen LogP contribution in [0.5, 0.6) is 0 Å². The van der Waals surface area contributed by atoms with Crippen molar-refractivity contribution in [1.29, 1.82) is 0 Å². The van der Waals surface area contributed by atoms with E-state index in [1.54, 1.807) is 0 Å². The van der Waals surface area contributed by atoms with Crippen molar-refractivity contribution in [1.82, 2.24) is 20.4 Å². The average molecular weight is 296 g/mol. The van der Waals surface area contributed by atoms with Gasteiger partial charge in [0.15, 0.2) is 0 Å². The van der Waals surface area contributed by atoms with Crippen LogP contribution in [0.1, 0.15) is 40.3 Å². The molecule has 3 heterocycles. The normalized spacial score (nSPS) is 14.0. The van der Waals surface area contributed by atoms with Crippen LogP contribution in [0.25, 0.3) is 11.0 Å². The smallest absolute Gasteiger partial charge is 0.290 e. The Hall–Kier alpha value is -2.63. The van der Waals surface area contributed by atoms with E-state index < -0.39 is 0 Å². The first-order valence-corrected chi connectivity index (χ1v) is 7.50. The zero-order valence-electron chi connectivity index (χ0n) is 12.1. The third-order valence-corrected chi connectivity index (χ3v) is 4.06. The van der Waals surface area contributed by atoms with Gasteiger partial charge >= 0.3 is 0 Å². The van der Waals surface area contributed by atoms with Gasteiger partial charge < -0.3 is 14.8 Å². The predicted octanol–water partition coefficient (Wildman–Crippen LogP) is 2.36. The maximum Gasteiger partial charge on any atom is 0.290 e. The highest BCUT2D eigenvalue weighted by atomic mass is 16.5. The highest BCUT2D eigenvalue weighted by molar-refractivity contribution is 5.93. The van der Waals surface area contributed by atoms with Crippen LogP contribution in [0, 0.1) is 0 Å². The van der Waals surface area contributed by atoms with Gasteiger partial charge in [-0.05, 0) is 43.9 Å². The quantitative estimate of drug-likeness (QED) is 0.777. The Kier molecular flexibility index (Phi) is 3.14. The number of aromatic amines is 1. The number of aromatic nitrogens is 3. The summed E-state index contributed by atoms with van der Waals surface area (Å²) in [6, 6.07) is 5.86. The lowest BCUT2D eigenvalue weighted by molar-refractivity contribution is 0.0912. The molecule has 4 rings (SSSR count). The SMILES string of the molecule is O=C(NCc1ccc2cc[nH]c2n1)c1onc2c1CCCC2. The average Bonchev–Trinajstić information content (AvgIpc) is 3.18. The topological polar surface area (TPSA) is 83.8 Å². The summed E-state index contributed by atoms with van der Waals surface area (Å²) in [5.74, 6) is 0.139. The number of aryl methyl sites for hydroxylation is 1. The molecule has 0 saturated heterocycles. The van der Waals surface area contributed by atoms with E-state index in [1.165, 1.54) is 0 Å². The minimum atomic E-state index is -0.218. The molecule has 1 aliphatic carbocycles. The Balaban J connectivity index is 1.49. The van der Waals surface area contributed by atoms with Crippen molar-refractivity contribution in [3.63, 3.8) is 0 Å². The van der Waals surface area contributed by atoms with Gasteiger partial charge in [0.2, 0.25) is 5.76 Å². The Labute approximate surface area is 126 Å². The standard InChI is InChI=1S/C16H16N4O2/c21-16(14-12-3-1-2-4-13(12)20-22-14)18-9-11-6-5-10-7-8-17-15(10)19-11/h5-8H,1-4,9H2,(H,17,19)(H,18,21). The molecule has 3 aromatic heterocycles. The van der Waals surface area contributed by atoms with E-state index in [1.807, 2.05) is 24.4 Å². The van der Waals surface area contributed by atoms with Crippen LogP contribution in [-0.4, -0.2) is 21.0 Å². The minimum Gasteiger partial charge on any atom is -0.350 e. The molecule has 6 heteroatoms. The van der Waals surface area contributed by atoms with Crippen molar-refractivity contribution in [2.24, 2.45) is 0 Å². The molecule has 0 atom stereocenters. The van der Waals surface area contributed by atoms with Crippen molar-refractivity contribution in [2.45, 2.75) is 32.2 Å². The number of carbonyl (C=O) groups is 1. The monoisotopic (exact) mass is 296 g/mol. The molecule has 0 radical (unpaired) electrons. The number of H-pyrrole nitrogens is 1.